The summed E-state index contributed by atoms with van der Waals surface area (Å²) >= 11 is 0. The fourth-order valence-electron chi connectivity index (χ4n) is 2.35. The Morgan fingerprint density at radius 2 is 1.68 bits per heavy atom. The molecule has 0 aromatic heterocycles. The third-order valence-corrected chi connectivity index (χ3v) is 3.80. The van der Waals surface area contributed by atoms with Crippen LogP contribution in [0.4, 0.5) is 5.69 Å². The van der Waals surface area contributed by atoms with Crippen LogP contribution < -0.4 is 11.1 Å². The standard InChI is InChI=1S/C19H23N3O2.ClH/c1-22(14-15-7-3-2-4-8-15)19(24)13-21-18(23)12-11-16-9-5-6-10-17(16)20;/h2-10H,11-14,20H2,1H3,(H,21,23);1H. The lowest BCUT2D eigenvalue weighted by molar-refractivity contribution is -0.132. The Kier molecular flexibility index (Phi) is 8.50. The van der Waals surface area contributed by atoms with E-state index >= 15 is 0 Å². The summed E-state index contributed by atoms with van der Waals surface area (Å²) in [6.07, 6.45) is 0.871. The van der Waals surface area contributed by atoms with E-state index in [9.17, 15) is 9.59 Å². The Bertz CT molecular complexity index is 692. The molecule has 2 aromatic rings. The number of likely N-dealkylation sites (N-methyl/N-ethyl adjacent to an activating group) is 1. The Labute approximate surface area is 154 Å². The lowest BCUT2D eigenvalue weighted by Crippen LogP contribution is -2.37. The van der Waals surface area contributed by atoms with Crippen molar-refractivity contribution in [3.05, 3.63) is 65.7 Å². The van der Waals surface area contributed by atoms with Gasteiger partial charge in [-0.2, -0.15) is 0 Å². The molecule has 134 valence electrons. The van der Waals surface area contributed by atoms with Gasteiger partial charge in [-0.1, -0.05) is 48.5 Å². The Hall–Kier alpha value is -2.53. The van der Waals surface area contributed by atoms with Crippen molar-refractivity contribution in [1.82, 2.24) is 10.2 Å². The van der Waals surface area contributed by atoms with E-state index in [4.69, 9.17) is 5.73 Å². The van der Waals surface area contributed by atoms with E-state index < -0.39 is 0 Å². The molecule has 0 fully saturated rings. The molecule has 2 rings (SSSR count). The number of benzene rings is 2. The highest BCUT2D eigenvalue weighted by Crippen LogP contribution is 2.12. The number of para-hydroxylation sites is 1. The first-order valence-corrected chi connectivity index (χ1v) is 7.94. The lowest BCUT2D eigenvalue weighted by Gasteiger charge is -2.17. The first-order chi connectivity index (χ1) is 11.6. The van der Waals surface area contributed by atoms with Gasteiger partial charge in [0.15, 0.2) is 0 Å². The second-order valence-electron chi connectivity index (χ2n) is 5.71. The smallest absolute Gasteiger partial charge is 0.242 e. The fraction of sp³-hybridized carbons (Fsp3) is 0.263. The normalized spacial score (nSPS) is 9.80. The van der Waals surface area contributed by atoms with Crippen LogP contribution in [0.5, 0.6) is 0 Å². The molecule has 6 heteroatoms. The number of anilines is 1. The topological polar surface area (TPSA) is 75.4 Å². The molecule has 0 atom stereocenters. The summed E-state index contributed by atoms with van der Waals surface area (Å²) in [5, 5.41) is 2.67. The predicted octanol–water partition coefficient (Wildman–Crippen LogP) is 2.40. The van der Waals surface area contributed by atoms with Gasteiger partial charge in [0.05, 0.1) is 6.54 Å². The third kappa shape index (κ3) is 6.85. The molecular weight excluding hydrogens is 338 g/mol. The van der Waals surface area contributed by atoms with Crippen LogP contribution in [0.1, 0.15) is 17.5 Å². The van der Waals surface area contributed by atoms with Crippen LogP contribution in [-0.4, -0.2) is 30.3 Å². The highest BCUT2D eigenvalue weighted by Gasteiger charge is 2.11. The van der Waals surface area contributed by atoms with Crippen molar-refractivity contribution in [2.75, 3.05) is 19.3 Å². The van der Waals surface area contributed by atoms with Crippen molar-refractivity contribution >= 4 is 29.9 Å². The quantitative estimate of drug-likeness (QED) is 0.743. The molecule has 0 saturated heterocycles. The average molecular weight is 362 g/mol. The second-order valence-corrected chi connectivity index (χ2v) is 5.71. The molecule has 25 heavy (non-hydrogen) atoms. The largest absolute Gasteiger partial charge is 0.399 e. The van der Waals surface area contributed by atoms with Gasteiger partial charge in [0.2, 0.25) is 11.8 Å². The molecule has 0 radical (unpaired) electrons. The van der Waals surface area contributed by atoms with E-state index in [1.807, 2.05) is 54.6 Å². The summed E-state index contributed by atoms with van der Waals surface area (Å²) in [4.78, 5) is 25.6. The summed E-state index contributed by atoms with van der Waals surface area (Å²) < 4.78 is 0. The van der Waals surface area contributed by atoms with Gasteiger partial charge in [-0.15, -0.1) is 12.4 Å². The number of amides is 2. The summed E-state index contributed by atoms with van der Waals surface area (Å²) in [6, 6.07) is 17.2. The van der Waals surface area contributed by atoms with Crippen LogP contribution in [-0.2, 0) is 22.6 Å². The van der Waals surface area contributed by atoms with Gasteiger partial charge in [-0.3, -0.25) is 9.59 Å². The zero-order valence-electron chi connectivity index (χ0n) is 14.3. The maximum absolute atomic E-state index is 12.1. The van der Waals surface area contributed by atoms with E-state index in [0.717, 1.165) is 11.1 Å². The van der Waals surface area contributed by atoms with Crippen molar-refractivity contribution in [1.29, 1.82) is 0 Å². The van der Waals surface area contributed by atoms with Crippen molar-refractivity contribution in [3.63, 3.8) is 0 Å². The number of aryl methyl sites for hydroxylation is 1. The number of hydrogen-bond acceptors (Lipinski definition) is 3. The van der Waals surface area contributed by atoms with Crippen molar-refractivity contribution in [3.8, 4) is 0 Å². The van der Waals surface area contributed by atoms with Gasteiger partial charge in [-0.05, 0) is 23.6 Å². The molecular formula is C19H24ClN3O2. The van der Waals surface area contributed by atoms with Crippen molar-refractivity contribution in [2.24, 2.45) is 0 Å². The van der Waals surface area contributed by atoms with Crippen molar-refractivity contribution < 1.29 is 9.59 Å². The molecule has 0 spiro atoms. The third-order valence-electron chi connectivity index (χ3n) is 3.80. The number of carbonyl (C=O) groups excluding carboxylic acids is 2. The Morgan fingerprint density at radius 1 is 1.04 bits per heavy atom. The SMILES string of the molecule is CN(Cc1ccccc1)C(=O)CNC(=O)CCc1ccccc1N.Cl. The van der Waals surface area contributed by atoms with Gasteiger partial charge in [0.1, 0.15) is 0 Å². The first-order valence-electron chi connectivity index (χ1n) is 7.94. The van der Waals surface area contributed by atoms with Gasteiger partial charge in [0.25, 0.3) is 0 Å². The molecule has 0 aliphatic heterocycles. The number of rotatable bonds is 7. The van der Waals surface area contributed by atoms with Crippen LogP contribution in [0.2, 0.25) is 0 Å². The van der Waals surface area contributed by atoms with Crippen molar-refractivity contribution in [2.45, 2.75) is 19.4 Å². The zero-order valence-corrected chi connectivity index (χ0v) is 15.1. The van der Waals surface area contributed by atoms with E-state index in [1.54, 1.807) is 11.9 Å². The van der Waals surface area contributed by atoms with E-state index in [-0.39, 0.29) is 30.8 Å². The predicted molar refractivity (Wildman–Crippen MR) is 102 cm³/mol. The Morgan fingerprint density at radius 3 is 2.36 bits per heavy atom. The maximum atomic E-state index is 12.1. The lowest BCUT2D eigenvalue weighted by atomic mass is 10.1. The van der Waals surface area contributed by atoms with Gasteiger partial charge < -0.3 is 16.0 Å². The molecule has 0 saturated carbocycles. The zero-order chi connectivity index (χ0) is 17.4. The molecule has 2 amide bonds. The van der Waals surface area contributed by atoms with E-state index in [0.29, 0.717) is 25.1 Å². The highest BCUT2D eigenvalue weighted by atomic mass is 35.5. The van der Waals surface area contributed by atoms with Crippen LogP contribution in [0.15, 0.2) is 54.6 Å². The van der Waals surface area contributed by atoms with Crippen LogP contribution in [0.25, 0.3) is 0 Å². The van der Waals surface area contributed by atoms with Crippen LogP contribution in [0, 0.1) is 0 Å². The number of nitrogens with one attached hydrogen (secondary N) is 1. The van der Waals surface area contributed by atoms with Gasteiger partial charge in [-0.25, -0.2) is 0 Å². The van der Waals surface area contributed by atoms with Crippen LogP contribution in [0.3, 0.4) is 0 Å². The number of nitrogen functional groups attached to an aromatic ring is 1. The summed E-state index contributed by atoms with van der Waals surface area (Å²) in [7, 11) is 1.73. The average Bonchev–Trinajstić information content (AvgIpc) is 2.59. The second kappa shape index (κ2) is 10.4. The van der Waals surface area contributed by atoms with Gasteiger partial charge in [0, 0.05) is 25.7 Å². The molecule has 0 aliphatic carbocycles. The minimum Gasteiger partial charge on any atom is -0.399 e. The monoisotopic (exact) mass is 361 g/mol. The molecule has 3 N–H and O–H groups in total. The molecule has 5 nitrogen and oxygen atoms in total. The molecule has 0 heterocycles. The summed E-state index contributed by atoms with van der Waals surface area (Å²) in [5.41, 5.74) is 8.53. The number of nitrogens with zero attached hydrogens (tertiary/aromatic N) is 1. The maximum Gasteiger partial charge on any atom is 0.242 e. The molecule has 2 aromatic carbocycles. The van der Waals surface area contributed by atoms with E-state index in [1.165, 1.54) is 0 Å². The molecule has 0 unspecified atom stereocenters. The minimum atomic E-state index is -0.153. The summed E-state index contributed by atoms with van der Waals surface area (Å²) in [6.45, 7) is 0.530. The Balaban J connectivity index is 0.00000312. The van der Waals surface area contributed by atoms with Crippen LogP contribution >= 0.6 is 12.4 Å². The minimum absolute atomic E-state index is 0. The fourth-order valence-corrected chi connectivity index (χ4v) is 2.35. The van der Waals surface area contributed by atoms with Gasteiger partial charge >= 0.3 is 0 Å². The number of hydrogen-bond donors (Lipinski definition) is 2. The number of halogens is 1. The summed E-state index contributed by atoms with van der Waals surface area (Å²) in [5.74, 6) is -0.272. The highest BCUT2D eigenvalue weighted by molar-refractivity contribution is 5.85. The molecule has 0 bridgehead atoms. The first kappa shape index (κ1) is 20.5. The number of nitrogens with two attached hydrogens (primary N) is 1. The molecule has 0 aliphatic rings. The number of carbonyl (C=O) groups is 2. The van der Waals surface area contributed by atoms with E-state index in [2.05, 4.69) is 5.32 Å².